The summed E-state index contributed by atoms with van der Waals surface area (Å²) in [6, 6.07) is 12.0. The van der Waals surface area contributed by atoms with Crippen LogP contribution in [0.4, 0.5) is 0 Å². The summed E-state index contributed by atoms with van der Waals surface area (Å²) in [7, 11) is 0. The lowest BCUT2D eigenvalue weighted by Gasteiger charge is -2.15. The minimum Gasteiger partial charge on any atom is -0.478 e. The van der Waals surface area contributed by atoms with Gasteiger partial charge in [-0.25, -0.2) is 4.79 Å². The fourth-order valence-corrected chi connectivity index (χ4v) is 2.56. The van der Waals surface area contributed by atoms with E-state index in [9.17, 15) is 9.59 Å². The number of carbonyl (C=O) groups is 2. The lowest BCUT2D eigenvalue weighted by atomic mass is 10.1. The van der Waals surface area contributed by atoms with Gasteiger partial charge in [0.05, 0.1) is 5.56 Å². The quantitative estimate of drug-likeness (QED) is 0.947. The maximum absolute atomic E-state index is 12.3. The van der Waals surface area contributed by atoms with Gasteiger partial charge in [-0.2, -0.15) is 0 Å². The van der Waals surface area contributed by atoms with E-state index in [1.165, 1.54) is 12.1 Å². The molecule has 21 heavy (non-hydrogen) atoms. The Morgan fingerprint density at radius 3 is 2.57 bits per heavy atom. The summed E-state index contributed by atoms with van der Waals surface area (Å²) in [6.07, 6.45) is 0. The Balaban J connectivity index is 1.83. The normalized spacial score (nSPS) is 13.4. The average molecular weight is 302 g/mol. The molecule has 0 bridgehead atoms. The first kappa shape index (κ1) is 13.6. The van der Waals surface area contributed by atoms with Gasteiger partial charge in [0.2, 0.25) is 0 Å². The van der Waals surface area contributed by atoms with Gasteiger partial charge in [-0.3, -0.25) is 4.79 Å². The van der Waals surface area contributed by atoms with Crippen LogP contribution in [-0.4, -0.2) is 21.9 Å². The van der Waals surface area contributed by atoms with Crippen LogP contribution in [0.1, 0.15) is 31.8 Å². The van der Waals surface area contributed by atoms with Crippen molar-refractivity contribution in [1.29, 1.82) is 0 Å². The molecule has 0 fully saturated rings. The molecule has 0 saturated heterocycles. The number of halogens is 1. The number of amides is 1. The molecule has 4 nitrogen and oxygen atoms in total. The molecule has 1 heterocycles. The van der Waals surface area contributed by atoms with Crippen molar-refractivity contribution >= 4 is 23.5 Å². The Morgan fingerprint density at radius 1 is 1.19 bits per heavy atom. The average Bonchev–Trinajstić information content (AvgIpc) is 2.77. The molecule has 0 radical (unpaired) electrons. The second-order valence-electron chi connectivity index (χ2n) is 4.96. The standard InChI is InChI=1S/C16H12ClNO3/c17-13-5-1-10(2-6-13)8-18-9-12-4-3-11(16(20)21)7-14(12)15(18)19/h1-7H,8-9H2,(H,20,21). The van der Waals surface area contributed by atoms with Crippen LogP contribution in [0.25, 0.3) is 0 Å². The van der Waals surface area contributed by atoms with Gasteiger partial charge in [0.15, 0.2) is 0 Å². The molecular formula is C16H12ClNO3. The Bertz CT molecular complexity index is 725. The molecule has 0 spiro atoms. The van der Waals surface area contributed by atoms with Crippen LogP contribution < -0.4 is 0 Å². The van der Waals surface area contributed by atoms with E-state index >= 15 is 0 Å². The zero-order valence-corrected chi connectivity index (χ0v) is 11.8. The first-order chi connectivity index (χ1) is 10.0. The van der Waals surface area contributed by atoms with Gasteiger partial charge in [0.25, 0.3) is 5.91 Å². The predicted molar refractivity (Wildman–Crippen MR) is 78.4 cm³/mol. The fourth-order valence-electron chi connectivity index (χ4n) is 2.43. The van der Waals surface area contributed by atoms with Crippen molar-refractivity contribution in [2.24, 2.45) is 0 Å². The molecule has 1 N–H and O–H groups in total. The second kappa shape index (κ2) is 5.22. The molecule has 106 valence electrons. The van der Waals surface area contributed by atoms with Gasteiger partial charge in [0.1, 0.15) is 0 Å². The zero-order valence-electron chi connectivity index (χ0n) is 11.0. The van der Waals surface area contributed by atoms with Crippen LogP contribution in [0.3, 0.4) is 0 Å². The smallest absolute Gasteiger partial charge is 0.335 e. The summed E-state index contributed by atoms with van der Waals surface area (Å²) in [5.41, 5.74) is 2.46. The van der Waals surface area contributed by atoms with E-state index in [2.05, 4.69) is 0 Å². The van der Waals surface area contributed by atoms with Crippen molar-refractivity contribution in [1.82, 2.24) is 4.90 Å². The maximum Gasteiger partial charge on any atom is 0.335 e. The molecule has 0 atom stereocenters. The van der Waals surface area contributed by atoms with Crippen molar-refractivity contribution in [2.45, 2.75) is 13.1 Å². The van der Waals surface area contributed by atoms with Gasteiger partial charge in [-0.05, 0) is 35.4 Å². The van der Waals surface area contributed by atoms with Crippen LogP contribution in [0.2, 0.25) is 5.02 Å². The van der Waals surface area contributed by atoms with E-state index in [1.54, 1.807) is 23.1 Å². The number of carboxylic acids is 1. The number of hydrogen-bond acceptors (Lipinski definition) is 2. The molecule has 2 aromatic carbocycles. The molecular weight excluding hydrogens is 290 g/mol. The van der Waals surface area contributed by atoms with Crippen molar-refractivity contribution in [3.8, 4) is 0 Å². The molecule has 3 rings (SSSR count). The molecule has 0 aliphatic carbocycles. The molecule has 0 aromatic heterocycles. The Kier molecular flexibility index (Phi) is 3.39. The second-order valence-corrected chi connectivity index (χ2v) is 5.40. The van der Waals surface area contributed by atoms with E-state index in [1.807, 2.05) is 12.1 Å². The number of carboxylic acid groups (broad SMARTS) is 1. The summed E-state index contributed by atoms with van der Waals surface area (Å²) in [5.74, 6) is -1.16. The highest BCUT2D eigenvalue weighted by molar-refractivity contribution is 6.30. The van der Waals surface area contributed by atoms with Gasteiger partial charge < -0.3 is 10.0 Å². The Morgan fingerprint density at radius 2 is 1.90 bits per heavy atom. The highest BCUT2D eigenvalue weighted by atomic mass is 35.5. The molecule has 1 aliphatic heterocycles. The van der Waals surface area contributed by atoms with E-state index < -0.39 is 5.97 Å². The van der Waals surface area contributed by atoms with Crippen LogP contribution >= 0.6 is 11.6 Å². The van der Waals surface area contributed by atoms with Gasteiger partial charge in [0, 0.05) is 23.7 Å². The lowest BCUT2D eigenvalue weighted by molar-refractivity contribution is 0.0697. The molecule has 0 unspecified atom stereocenters. The largest absolute Gasteiger partial charge is 0.478 e. The number of carbonyl (C=O) groups excluding carboxylic acids is 1. The lowest BCUT2D eigenvalue weighted by Crippen LogP contribution is -2.23. The van der Waals surface area contributed by atoms with E-state index in [-0.39, 0.29) is 11.5 Å². The van der Waals surface area contributed by atoms with Crippen molar-refractivity contribution in [3.63, 3.8) is 0 Å². The van der Waals surface area contributed by atoms with Crippen LogP contribution in [0.5, 0.6) is 0 Å². The van der Waals surface area contributed by atoms with Crippen LogP contribution in [0.15, 0.2) is 42.5 Å². The van der Waals surface area contributed by atoms with Crippen molar-refractivity contribution in [3.05, 3.63) is 69.7 Å². The summed E-state index contributed by atoms with van der Waals surface area (Å²) < 4.78 is 0. The Labute approximate surface area is 126 Å². The topological polar surface area (TPSA) is 57.6 Å². The highest BCUT2D eigenvalue weighted by Crippen LogP contribution is 2.25. The molecule has 1 amide bonds. The number of rotatable bonds is 3. The number of hydrogen-bond donors (Lipinski definition) is 1. The first-order valence-electron chi connectivity index (χ1n) is 6.44. The third-order valence-electron chi connectivity index (χ3n) is 3.52. The summed E-state index contributed by atoms with van der Waals surface area (Å²) >= 11 is 5.84. The van der Waals surface area contributed by atoms with Crippen molar-refractivity contribution < 1.29 is 14.7 Å². The Hall–Kier alpha value is -2.33. The number of aromatic carboxylic acids is 1. The molecule has 0 saturated carbocycles. The summed E-state index contributed by atoms with van der Waals surface area (Å²) in [5, 5.41) is 9.65. The van der Waals surface area contributed by atoms with Gasteiger partial charge in [-0.1, -0.05) is 29.8 Å². The SMILES string of the molecule is O=C(O)c1ccc2c(c1)C(=O)N(Cc1ccc(Cl)cc1)C2. The molecule has 2 aromatic rings. The summed E-state index contributed by atoms with van der Waals surface area (Å²) in [6.45, 7) is 0.976. The maximum atomic E-state index is 12.3. The number of benzene rings is 2. The van der Waals surface area contributed by atoms with Crippen LogP contribution in [0, 0.1) is 0 Å². The van der Waals surface area contributed by atoms with Gasteiger partial charge in [-0.15, -0.1) is 0 Å². The third-order valence-corrected chi connectivity index (χ3v) is 3.77. The third kappa shape index (κ3) is 2.62. The summed E-state index contributed by atoms with van der Waals surface area (Å²) in [4.78, 5) is 25.0. The zero-order chi connectivity index (χ0) is 15.0. The minimum atomic E-state index is -1.03. The van der Waals surface area contributed by atoms with E-state index in [0.29, 0.717) is 23.7 Å². The number of nitrogens with zero attached hydrogens (tertiary/aromatic N) is 1. The minimum absolute atomic E-state index is 0.135. The molecule has 1 aliphatic rings. The first-order valence-corrected chi connectivity index (χ1v) is 6.82. The molecule has 5 heteroatoms. The van der Waals surface area contributed by atoms with Crippen LogP contribution in [-0.2, 0) is 13.1 Å². The monoisotopic (exact) mass is 301 g/mol. The predicted octanol–water partition coefficient (Wildman–Crippen LogP) is 3.19. The van der Waals surface area contributed by atoms with E-state index in [0.717, 1.165) is 11.1 Å². The van der Waals surface area contributed by atoms with Crippen molar-refractivity contribution in [2.75, 3.05) is 0 Å². The highest BCUT2D eigenvalue weighted by Gasteiger charge is 2.28. The van der Waals surface area contributed by atoms with E-state index in [4.69, 9.17) is 16.7 Å². The van der Waals surface area contributed by atoms with Gasteiger partial charge >= 0.3 is 5.97 Å². The fraction of sp³-hybridized carbons (Fsp3) is 0.125. The number of fused-ring (bicyclic) bond motifs is 1.